The average Bonchev–Trinajstić information content (AvgIpc) is 0.775. The molecule has 0 aliphatic heterocycles. The van der Waals surface area contributed by atoms with E-state index in [0.29, 0.717) is 92.4 Å². The Bertz CT molecular complexity index is 3200. The van der Waals surface area contributed by atoms with E-state index in [9.17, 15) is 47.9 Å². The van der Waals surface area contributed by atoms with E-state index in [2.05, 4.69) is 13.2 Å². The van der Waals surface area contributed by atoms with Crippen LogP contribution in [0.2, 0.25) is 0 Å². The zero-order valence-electron chi connectivity index (χ0n) is 58.0. The lowest BCUT2D eigenvalue weighted by Gasteiger charge is -2.25. The van der Waals surface area contributed by atoms with Crippen LogP contribution < -0.4 is 18.9 Å². The van der Waals surface area contributed by atoms with Gasteiger partial charge in [0.05, 0.1) is 0 Å². The molecule has 0 N–H and O–H groups in total. The molecule has 520 valence electrons. The first-order valence-corrected chi connectivity index (χ1v) is 34.4. The number of rotatable bonds is 44. The van der Waals surface area contributed by atoms with Crippen molar-refractivity contribution in [3.63, 3.8) is 0 Å². The third-order valence-electron chi connectivity index (χ3n) is 16.3. The number of hydrogen-bond acceptors (Lipinski definition) is 18. The monoisotopic (exact) mass is 1320 g/mol. The minimum absolute atomic E-state index is 0.0547. The van der Waals surface area contributed by atoms with Gasteiger partial charge in [0.2, 0.25) is 0 Å². The van der Waals surface area contributed by atoms with Gasteiger partial charge in [-0.15, -0.1) is 0 Å². The van der Waals surface area contributed by atoms with Crippen LogP contribution >= 0.6 is 0 Å². The fourth-order valence-electron chi connectivity index (χ4n) is 11.1. The third-order valence-corrected chi connectivity index (χ3v) is 16.3. The lowest BCUT2D eigenvalue weighted by Crippen LogP contribution is -2.18. The van der Waals surface area contributed by atoms with E-state index in [1.54, 1.807) is 62.4 Å². The summed E-state index contributed by atoms with van der Waals surface area (Å²) in [6.45, 7) is 20.2. The molecule has 5 rings (SSSR count). The molecule has 0 fully saturated rings. The standard InChI is InChI=1S/C78H100O18/c1-11-17-21-25-67(81)53-37-57-45-58-38-54(68(82)26-22-18-12-2)40-60(74(58)92-32-30-90-72(86)50-66(80)16-6)47-62-42-56(70(84)28-24-20-14-4)44-64(76(62)94-34-36-96-78(88)52(9)10)48-63-43-55(69(83)27-23-19-13-3)41-61(75(63)93-33-35-95-77(87)51(7)8)46-59(39-53)73(57)91-31-29-89-71(85)49-65(79)15-5/h37-44H,7,9,11-36,45-50H2,1-6,8,10H3. The molecule has 0 saturated carbocycles. The zero-order chi connectivity index (χ0) is 70.1. The largest absolute Gasteiger partial charge is 0.489 e. The van der Waals surface area contributed by atoms with Crippen LogP contribution in [0.1, 0.15) is 270 Å². The predicted molar refractivity (Wildman–Crippen MR) is 366 cm³/mol. The first kappa shape index (κ1) is 78.2. The molecule has 18 nitrogen and oxygen atoms in total. The van der Waals surface area contributed by atoms with Crippen LogP contribution in [-0.4, -0.2) is 111 Å². The van der Waals surface area contributed by atoms with Crippen molar-refractivity contribution in [1.29, 1.82) is 0 Å². The van der Waals surface area contributed by atoms with Crippen molar-refractivity contribution >= 4 is 58.6 Å². The highest BCUT2D eigenvalue weighted by Gasteiger charge is 2.28. The Morgan fingerprint density at radius 3 is 0.740 bits per heavy atom. The molecule has 4 aromatic rings. The molecular formula is C78H100O18. The lowest BCUT2D eigenvalue weighted by atomic mass is 9.86. The smallest absolute Gasteiger partial charge is 0.333 e. The first-order valence-electron chi connectivity index (χ1n) is 34.4. The van der Waals surface area contributed by atoms with Gasteiger partial charge < -0.3 is 37.9 Å². The van der Waals surface area contributed by atoms with Gasteiger partial charge in [-0.05, 0) is 133 Å². The number of fused-ring (bicyclic) bond motifs is 8. The van der Waals surface area contributed by atoms with Gasteiger partial charge in [-0.1, -0.05) is 106 Å². The highest BCUT2D eigenvalue weighted by molar-refractivity contribution is 6.00. The zero-order valence-corrected chi connectivity index (χ0v) is 58.0. The van der Waals surface area contributed by atoms with Crippen LogP contribution in [0.4, 0.5) is 0 Å². The Balaban J connectivity index is 2.02. The number of esters is 4. The Morgan fingerprint density at radius 2 is 0.542 bits per heavy atom. The number of carbonyl (C=O) groups is 10. The summed E-state index contributed by atoms with van der Waals surface area (Å²) in [5.74, 6) is -2.90. The Kier molecular flexibility index (Phi) is 33.7. The summed E-state index contributed by atoms with van der Waals surface area (Å²) < 4.78 is 49.6. The molecule has 0 saturated heterocycles. The molecule has 0 radical (unpaired) electrons. The second-order valence-corrected chi connectivity index (χ2v) is 24.5. The maximum Gasteiger partial charge on any atom is 0.333 e. The number of ether oxygens (including phenoxy) is 8. The molecule has 0 amide bonds. The molecule has 8 bridgehead atoms. The molecule has 96 heavy (non-hydrogen) atoms. The topological polar surface area (TPSA) is 245 Å². The maximum atomic E-state index is 14.8. The third kappa shape index (κ3) is 25.2. The summed E-state index contributed by atoms with van der Waals surface area (Å²) in [6.07, 6.45) is 8.98. The van der Waals surface area contributed by atoms with Crippen molar-refractivity contribution in [1.82, 2.24) is 0 Å². The van der Waals surface area contributed by atoms with Crippen LogP contribution in [0.15, 0.2) is 72.8 Å². The Morgan fingerprint density at radius 1 is 0.323 bits per heavy atom. The van der Waals surface area contributed by atoms with Crippen LogP contribution in [0.3, 0.4) is 0 Å². The number of unbranched alkanes of at least 4 members (excludes halogenated alkanes) is 8. The van der Waals surface area contributed by atoms with Gasteiger partial charge in [0.15, 0.2) is 23.1 Å². The van der Waals surface area contributed by atoms with E-state index < -0.39 is 36.7 Å². The molecule has 0 spiro atoms. The second-order valence-electron chi connectivity index (χ2n) is 24.5. The van der Waals surface area contributed by atoms with Crippen LogP contribution in [-0.2, 0) is 73.4 Å². The van der Waals surface area contributed by atoms with Gasteiger partial charge in [-0.3, -0.25) is 38.4 Å². The van der Waals surface area contributed by atoms with Gasteiger partial charge in [-0.25, -0.2) is 9.59 Å². The van der Waals surface area contributed by atoms with Crippen molar-refractivity contribution in [2.45, 2.75) is 209 Å². The molecule has 18 heteroatoms. The van der Waals surface area contributed by atoms with Gasteiger partial charge >= 0.3 is 23.9 Å². The minimum Gasteiger partial charge on any atom is -0.489 e. The van der Waals surface area contributed by atoms with Crippen molar-refractivity contribution in [3.05, 3.63) is 140 Å². The summed E-state index contributed by atoms with van der Waals surface area (Å²) in [5, 5.41) is 0. The Hall–Kier alpha value is -8.54. The maximum absolute atomic E-state index is 14.8. The molecular weight excluding hydrogens is 1220 g/mol. The van der Waals surface area contributed by atoms with Crippen molar-refractivity contribution in [2.75, 3.05) is 52.9 Å². The summed E-state index contributed by atoms with van der Waals surface area (Å²) in [6, 6.07) is 14.0. The van der Waals surface area contributed by atoms with Crippen molar-refractivity contribution in [2.24, 2.45) is 0 Å². The van der Waals surface area contributed by atoms with E-state index in [0.717, 1.165) is 51.4 Å². The van der Waals surface area contributed by atoms with Crippen molar-refractivity contribution < 1.29 is 85.8 Å². The number of benzene rings is 4. The van der Waals surface area contributed by atoms with Gasteiger partial charge in [-0.2, -0.15) is 0 Å². The summed E-state index contributed by atoms with van der Waals surface area (Å²) >= 11 is 0. The first-order chi connectivity index (χ1) is 46.1. The number of carbonyl (C=O) groups excluding carboxylic acids is 10. The van der Waals surface area contributed by atoms with E-state index in [1.165, 1.54) is 13.8 Å². The molecule has 0 aromatic heterocycles. The van der Waals surface area contributed by atoms with E-state index in [-0.39, 0.29) is 186 Å². The van der Waals surface area contributed by atoms with Crippen LogP contribution in [0.5, 0.6) is 23.0 Å². The highest BCUT2D eigenvalue weighted by Crippen LogP contribution is 2.42. The number of Topliss-reactive ketones (excluding diaryl/α,β-unsaturated/α-hetero) is 6. The summed E-state index contributed by atoms with van der Waals surface area (Å²) in [5.41, 5.74) is 5.35. The average molecular weight is 1330 g/mol. The number of hydrogen-bond donors (Lipinski definition) is 0. The van der Waals surface area contributed by atoms with E-state index >= 15 is 0 Å². The molecule has 1 aliphatic rings. The molecule has 1 aliphatic carbocycles. The summed E-state index contributed by atoms with van der Waals surface area (Å²) in [4.78, 5) is 135. The fourth-order valence-corrected chi connectivity index (χ4v) is 11.1. The summed E-state index contributed by atoms with van der Waals surface area (Å²) in [7, 11) is 0. The Labute approximate surface area is 566 Å². The molecule has 0 heterocycles. The molecule has 0 unspecified atom stereocenters. The highest BCUT2D eigenvalue weighted by atomic mass is 16.6. The van der Waals surface area contributed by atoms with Crippen LogP contribution in [0, 0.1) is 0 Å². The number of ketones is 6. The fraction of sp³-hybridized carbons (Fsp3) is 0.513. The van der Waals surface area contributed by atoms with E-state index in [1.807, 2.05) is 27.7 Å². The van der Waals surface area contributed by atoms with Crippen molar-refractivity contribution in [3.8, 4) is 23.0 Å². The van der Waals surface area contributed by atoms with E-state index in [4.69, 9.17) is 37.9 Å². The predicted octanol–water partition coefficient (Wildman–Crippen LogP) is 15.0. The molecule has 0 atom stereocenters. The lowest BCUT2D eigenvalue weighted by molar-refractivity contribution is -0.148. The van der Waals surface area contributed by atoms with Crippen LogP contribution in [0.25, 0.3) is 0 Å². The quantitative estimate of drug-likeness (QED) is 0.00878. The van der Waals surface area contributed by atoms with Gasteiger partial charge in [0.1, 0.15) is 100 Å². The molecule has 4 aromatic carbocycles. The second kappa shape index (κ2) is 41.4. The SMILES string of the molecule is C=C(C)C(=O)OCCOc1c2cc(C(=O)CCCCC)cc1Cc1cc(C(=O)CCCCC)cc(c1OCCOC(=O)C(=C)C)Cc1cc(C(=O)CCCCC)cc(c1OCCOC(=O)CC(=O)CC)Cc1cc(C(=O)CCCCC)cc(c1OCCOC(=O)CC(=O)CC)C2. The van der Waals surface area contributed by atoms with Gasteiger partial charge in [0.25, 0.3) is 0 Å². The van der Waals surface area contributed by atoms with Gasteiger partial charge in [0, 0.05) is 97.6 Å². The minimum atomic E-state index is -0.737. The normalized spacial score (nSPS) is 11.6.